The molecule has 1 fully saturated rings. The molecule has 1 heterocycles. The molecular formula is C11H16O5. The van der Waals surface area contributed by atoms with Crippen molar-refractivity contribution < 1.29 is 23.8 Å². The van der Waals surface area contributed by atoms with Crippen LogP contribution in [-0.2, 0) is 23.8 Å². The predicted octanol–water partition coefficient (Wildman–Crippen LogP) is 0.826. The topological polar surface area (TPSA) is 61.8 Å². The van der Waals surface area contributed by atoms with Crippen molar-refractivity contribution in [3.8, 4) is 0 Å². The van der Waals surface area contributed by atoms with Gasteiger partial charge in [-0.15, -0.1) is 0 Å². The monoisotopic (exact) mass is 228 g/mol. The summed E-state index contributed by atoms with van der Waals surface area (Å²) < 4.78 is 14.9. The van der Waals surface area contributed by atoms with Gasteiger partial charge in [0, 0.05) is 12.7 Å². The number of rotatable bonds is 5. The van der Waals surface area contributed by atoms with Gasteiger partial charge in [0.2, 0.25) is 0 Å². The number of hydrogen-bond donors (Lipinski definition) is 0. The fourth-order valence-corrected chi connectivity index (χ4v) is 1.34. The molecule has 1 aliphatic heterocycles. The van der Waals surface area contributed by atoms with Gasteiger partial charge in [0.25, 0.3) is 0 Å². The van der Waals surface area contributed by atoms with Crippen LogP contribution in [0.3, 0.4) is 0 Å². The quantitative estimate of drug-likeness (QED) is 0.515. The number of carbonyl (C=O) groups excluding carboxylic acids is 2. The largest absolute Gasteiger partial charge is 0.460 e. The number of carbonyl (C=O) groups is 2. The van der Waals surface area contributed by atoms with Crippen LogP contribution in [0.5, 0.6) is 0 Å². The summed E-state index contributed by atoms with van der Waals surface area (Å²) in [4.78, 5) is 22.2. The number of esters is 2. The van der Waals surface area contributed by atoms with Crippen molar-refractivity contribution in [2.75, 3.05) is 13.2 Å². The molecule has 2 atom stereocenters. The SMILES string of the molecule is C=CC(=O)OC(C)C(=O)OCC1CCCO1. The number of hydrogen-bond acceptors (Lipinski definition) is 5. The lowest BCUT2D eigenvalue weighted by Gasteiger charge is -2.14. The maximum atomic E-state index is 11.4. The summed E-state index contributed by atoms with van der Waals surface area (Å²) in [6.45, 7) is 5.62. The zero-order valence-electron chi connectivity index (χ0n) is 9.31. The van der Waals surface area contributed by atoms with Crippen LogP contribution in [-0.4, -0.2) is 37.4 Å². The lowest BCUT2D eigenvalue weighted by Crippen LogP contribution is -2.28. The van der Waals surface area contributed by atoms with E-state index in [1.165, 1.54) is 6.92 Å². The molecule has 5 heteroatoms. The Morgan fingerprint density at radius 2 is 2.38 bits per heavy atom. The molecule has 0 spiro atoms. The second-order valence-corrected chi connectivity index (χ2v) is 3.55. The van der Waals surface area contributed by atoms with Crippen molar-refractivity contribution >= 4 is 11.9 Å². The van der Waals surface area contributed by atoms with Crippen molar-refractivity contribution in [2.45, 2.75) is 32.0 Å². The molecule has 0 N–H and O–H groups in total. The zero-order chi connectivity index (χ0) is 12.0. The normalized spacial score (nSPS) is 21.2. The highest BCUT2D eigenvalue weighted by atomic mass is 16.6. The Kier molecular flexibility index (Phi) is 4.98. The van der Waals surface area contributed by atoms with Gasteiger partial charge in [-0.2, -0.15) is 0 Å². The summed E-state index contributed by atoms with van der Waals surface area (Å²) in [5, 5.41) is 0. The van der Waals surface area contributed by atoms with Crippen LogP contribution >= 0.6 is 0 Å². The van der Waals surface area contributed by atoms with Gasteiger partial charge < -0.3 is 14.2 Å². The number of ether oxygens (including phenoxy) is 3. The van der Waals surface area contributed by atoms with E-state index in [1.807, 2.05) is 0 Å². The second-order valence-electron chi connectivity index (χ2n) is 3.55. The first-order valence-electron chi connectivity index (χ1n) is 5.24. The molecule has 0 aromatic carbocycles. The molecule has 0 radical (unpaired) electrons. The molecule has 5 nitrogen and oxygen atoms in total. The first-order chi connectivity index (χ1) is 7.63. The van der Waals surface area contributed by atoms with Crippen LogP contribution in [0, 0.1) is 0 Å². The van der Waals surface area contributed by atoms with Gasteiger partial charge in [-0.3, -0.25) is 0 Å². The van der Waals surface area contributed by atoms with Crippen LogP contribution in [0.2, 0.25) is 0 Å². The van der Waals surface area contributed by atoms with Crippen molar-refractivity contribution in [3.05, 3.63) is 12.7 Å². The molecule has 0 aromatic rings. The van der Waals surface area contributed by atoms with E-state index < -0.39 is 18.0 Å². The van der Waals surface area contributed by atoms with Gasteiger partial charge in [-0.1, -0.05) is 6.58 Å². The summed E-state index contributed by atoms with van der Waals surface area (Å²) in [7, 11) is 0. The maximum absolute atomic E-state index is 11.4. The van der Waals surface area contributed by atoms with E-state index in [1.54, 1.807) is 0 Å². The van der Waals surface area contributed by atoms with Crippen LogP contribution in [0.15, 0.2) is 12.7 Å². The summed E-state index contributed by atoms with van der Waals surface area (Å²) in [6, 6.07) is 0. The molecule has 1 rings (SSSR count). The highest BCUT2D eigenvalue weighted by molar-refractivity contribution is 5.84. The lowest BCUT2D eigenvalue weighted by atomic mass is 10.2. The molecule has 16 heavy (non-hydrogen) atoms. The molecule has 1 saturated heterocycles. The minimum Gasteiger partial charge on any atom is -0.460 e. The van der Waals surface area contributed by atoms with Crippen LogP contribution < -0.4 is 0 Å². The highest BCUT2D eigenvalue weighted by Crippen LogP contribution is 2.12. The molecule has 1 aliphatic rings. The molecule has 90 valence electrons. The van der Waals surface area contributed by atoms with Crippen molar-refractivity contribution in [2.24, 2.45) is 0 Å². The highest BCUT2D eigenvalue weighted by Gasteiger charge is 2.21. The summed E-state index contributed by atoms with van der Waals surface area (Å²) in [5.74, 6) is -1.20. The van der Waals surface area contributed by atoms with Gasteiger partial charge in [0.1, 0.15) is 6.61 Å². The fraction of sp³-hybridized carbons (Fsp3) is 0.636. The minimum absolute atomic E-state index is 0.0220. The molecule has 2 unspecified atom stereocenters. The lowest BCUT2D eigenvalue weighted by molar-refractivity contribution is -0.165. The van der Waals surface area contributed by atoms with Gasteiger partial charge >= 0.3 is 11.9 Å². The minimum atomic E-state index is -0.910. The maximum Gasteiger partial charge on any atom is 0.347 e. The summed E-state index contributed by atoms with van der Waals surface area (Å²) >= 11 is 0. The third-order valence-electron chi connectivity index (χ3n) is 2.23. The van der Waals surface area contributed by atoms with Gasteiger partial charge in [0.05, 0.1) is 6.10 Å². The van der Waals surface area contributed by atoms with Gasteiger partial charge in [0.15, 0.2) is 6.10 Å². The molecule has 0 aliphatic carbocycles. The van der Waals surface area contributed by atoms with E-state index in [0.717, 1.165) is 18.9 Å². The van der Waals surface area contributed by atoms with Gasteiger partial charge in [-0.25, -0.2) is 9.59 Å². The Labute approximate surface area is 94.4 Å². The van der Waals surface area contributed by atoms with Crippen molar-refractivity contribution in [3.63, 3.8) is 0 Å². The Morgan fingerprint density at radius 3 is 2.94 bits per heavy atom. The van der Waals surface area contributed by atoms with E-state index in [9.17, 15) is 9.59 Å². The summed E-state index contributed by atoms with van der Waals surface area (Å²) in [6.07, 6.45) is 1.96. The first-order valence-corrected chi connectivity index (χ1v) is 5.24. The molecular weight excluding hydrogens is 212 g/mol. The Bertz CT molecular complexity index is 268. The average molecular weight is 228 g/mol. The molecule has 0 aromatic heterocycles. The van der Waals surface area contributed by atoms with Crippen LogP contribution in [0.1, 0.15) is 19.8 Å². The van der Waals surface area contributed by atoms with E-state index in [4.69, 9.17) is 14.2 Å². The van der Waals surface area contributed by atoms with E-state index >= 15 is 0 Å². The molecule has 0 bridgehead atoms. The third kappa shape index (κ3) is 4.02. The average Bonchev–Trinajstić information content (AvgIpc) is 2.78. The molecule has 0 saturated carbocycles. The standard InChI is InChI=1S/C11H16O5/c1-3-10(12)16-8(2)11(13)15-7-9-5-4-6-14-9/h3,8-9H,1,4-7H2,2H3. The smallest absolute Gasteiger partial charge is 0.347 e. The molecule has 0 amide bonds. The third-order valence-corrected chi connectivity index (χ3v) is 2.23. The summed E-state index contributed by atoms with van der Waals surface area (Å²) in [5.41, 5.74) is 0. The predicted molar refractivity (Wildman–Crippen MR) is 55.7 cm³/mol. The Morgan fingerprint density at radius 1 is 1.62 bits per heavy atom. The van der Waals surface area contributed by atoms with Crippen LogP contribution in [0.25, 0.3) is 0 Å². The van der Waals surface area contributed by atoms with Crippen molar-refractivity contribution in [1.29, 1.82) is 0 Å². The first kappa shape index (κ1) is 12.7. The second kappa shape index (κ2) is 6.27. The van der Waals surface area contributed by atoms with Crippen LogP contribution in [0.4, 0.5) is 0 Å². The Balaban J connectivity index is 2.22. The van der Waals surface area contributed by atoms with E-state index in [0.29, 0.717) is 6.61 Å². The zero-order valence-corrected chi connectivity index (χ0v) is 9.31. The van der Waals surface area contributed by atoms with E-state index in [2.05, 4.69) is 6.58 Å². The fourth-order valence-electron chi connectivity index (χ4n) is 1.34. The van der Waals surface area contributed by atoms with Gasteiger partial charge in [-0.05, 0) is 19.8 Å². The van der Waals surface area contributed by atoms with E-state index in [-0.39, 0.29) is 12.7 Å². The Hall–Kier alpha value is -1.36. The van der Waals surface area contributed by atoms with Crippen molar-refractivity contribution in [1.82, 2.24) is 0 Å².